The third-order valence-corrected chi connectivity index (χ3v) is 1.45. The number of ether oxygens (including phenoxy) is 2. The summed E-state index contributed by atoms with van der Waals surface area (Å²) in [4.78, 5) is 0.487. The molecule has 1 aromatic rings. The Morgan fingerprint density at radius 3 is 2.58 bits per heavy atom. The van der Waals surface area contributed by atoms with Crippen LogP contribution in [0.2, 0.25) is 0 Å². The van der Waals surface area contributed by atoms with Crippen molar-refractivity contribution in [3.05, 3.63) is 17.0 Å². The van der Waals surface area contributed by atoms with E-state index in [0.29, 0.717) is 16.3 Å². The molecule has 0 unspecified atom stereocenters. The van der Waals surface area contributed by atoms with Crippen molar-refractivity contribution in [2.45, 2.75) is 6.92 Å². The molecule has 0 N–H and O–H groups in total. The molecule has 0 bridgehead atoms. The zero-order chi connectivity index (χ0) is 9.14. The summed E-state index contributed by atoms with van der Waals surface area (Å²) in [5, 5.41) is 14.5. The van der Waals surface area contributed by atoms with Crippen LogP contribution in [0.5, 0.6) is 11.6 Å². The first-order valence-electron chi connectivity index (χ1n) is 3.38. The van der Waals surface area contributed by atoms with E-state index < -0.39 is 0 Å². The molecule has 0 aliphatic heterocycles. The zero-order valence-electron chi connectivity index (χ0n) is 7.20. The van der Waals surface area contributed by atoms with E-state index in [1.807, 2.05) is 0 Å². The molecular weight excluding hydrogens is 160 g/mol. The summed E-state index contributed by atoms with van der Waals surface area (Å²) in [5.74, 6) is 0.653. The van der Waals surface area contributed by atoms with Gasteiger partial charge in [-0.05, 0) is 0 Å². The normalized spacial score (nSPS) is 9.58. The van der Waals surface area contributed by atoms with Gasteiger partial charge in [0.2, 0.25) is 5.69 Å². The average molecular weight is 170 g/mol. The number of hydrogen-bond acceptors (Lipinski definition) is 4. The SMILES string of the molecule is COc1cc(C)[n+]([O-])nc1OC. The number of aromatic nitrogens is 2. The van der Waals surface area contributed by atoms with Crippen LogP contribution in [0.15, 0.2) is 6.07 Å². The van der Waals surface area contributed by atoms with E-state index in [1.54, 1.807) is 13.0 Å². The molecule has 0 fully saturated rings. The van der Waals surface area contributed by atoms with E-state index in [0.717, 1.165) is 0 Å². The summed E-state index contributed by atoms with van der Waals surface area (Å²) in [6.07, 6.45) is 0. The molecule has 0 radical (unpaired) electrons. The van der Waals surface area contributed by atoms with Crippen LogP contribution in [0.1, 0.15) is 5.69 Å². The number of rotatable bonds is 2. The van der Waals surface area contributed by atoms with Gasteiger partial charge in [-0.2, -0.15) is 0 Å². The fourth-order valence-electron chi connectivity index (χ4n) is 0.805. The molecule has 66 valence electrons. The molecule has 0 amide bonds. The van der Waals surface area contributed by atoms with E-state index in [4.69, 9.17) is 9.47 Å². The van der Waals surface area contributed by atoms with Crippen LogP contribution in [-0.2, 0) is 0 Å². The minimum atomic E-state index is 0.193. The lowest BCUT2D eigenvalue weighted by Crippen LogP contribution is -2.34. The molecule has 0 spiro atoms. The maximum absolute atomic E-state index is 10.9. The monoisotopic (exact) mass is 170 g/mol. The van der Waals surface area contributed by atoms with Gasteiger partial charge >= 0.3 is 5.88 Å². The molecule has 0 atom stereocenters. The minimum absolute atomic E-state index is 0.193. The zero-order valence-corrected chi connectivity index (χ0v) is 7.20. The number of methoxy groups -OCH3 is 2. The van der Waals surface area contributed by atoms with Crippen LogP contribution in [0.4, 0.5) is 0 Å². The number of aryl methyl sites for hydroxylation is 1. The standard InChI is InChI=1S/C7H10N2O3/c1-5-4-6(11-2)7(12-3)8-9(5)10/h4H,1-3H3. The fourth-order valence-corrected chi connectivity index (χ4v) is 0.805. The largest absolute Gasteiger partial charge is 0.594 e. The Hall–Kier alpha value is -1.52. The molecule has 0 aliphatic carbocycles. The predicted molar refractivity (Wildman–Crippen MR) is 41.0 cm³/mol. The summed E-state index contributed by atoms with van der Waals surface area (Å²) in [6.45, 7) is 1.64. The van der Waals surface area contributed by atoms with Crippen molar-refractivity contribution >= 4 is 0 Å². The lowest BCUT2D eigenvalue weighted by Gasteiger charge is -2.05. The Morgan fingerprint density at radius 1 is 1.42 bits per heavy atom. The topological polar surface area (TPSA) is 58.3 Å². The maximum atomic E-state index is 10.9. The van der Waals surface area contributed by atoms with Gasteiger partial charge in [-0.25, -0.2) is 0 Å². The lowest BCUT2D eigenvalue weighted by atomic mass is 10.4. The molecule has 0 aliphatic rings. The van der Waals surface area contributed by atoms with Gasteiger partial charge in [-0.1, -0.05) is 4.85 Å². The summed E-state index contributed by atoms with van der Waals surface area (Å²) < 4.78 is 9.75. The van der Waals surface area contributed by atoms with Crippen molar-refractivity contribution < 1.29 is 14.3 Å². The lowest BCUT2D eigenvalue weighted by molar-refractivity contribution is -0.676. The van der Waals surface area contributed by atoms with Crippen LogP contribution < -0.4 is 14.3 Å². The highest BCUT2D eigenvalue weighted by atomic mass is 16.5. The van der Waals surface area contributed by atoms with E-state index in [2.05, 4.69) is 5.10 Å². The smallest absolute Gasteiger partial charge is 0.323 e. The molecule has 5 nitrogen and oxygen atoms in total. The molecule has 0 saturated heterocycles. The number of nitrogens with zero attached hydrogens (tertiary/aromatic N) is 2. The van der Waals surface area contributed by atoms with Gasteiger partial charge < -0.3 is 14.7 Å². The van der Waals surface area contributed by atoms with Crippen molar-refractivity contribution in [3.63, 3.8) is 0 Å². The third kappa shape index (κ3) is 1.39. The van der Waals surface area contributed by atoms with Crippen LogP contribution in [0, 0.1) is 12.1 Å². The Labute approximate surface area is 70.1 Å². The number of hydrogen-bond donors (Lipinski definition) is 0. The summed E-state index contributed by atoms with van der Waals surface area (Å²) in [6, 6.07) is 1.57. The highest BCUT2D eigenvalue weighted by Crippen LogP contribution is 2.21. The van der Waals surface area contributed by atoms with Crippen LogP contribution in [0.3, 0.4) is 0 Å². The maximum Gasteiger partial charge on any atom is 0.323 e. The van der Waals surface area contributed by atoms with Gasteiger partial charge in [-0.3, -0.25) is 0 Å². The van der Waals surface area contributed by atoms with E-state index in [1.165, 1.54) is 14.2 Å². The van der Waals surface area contributed by atoms with E-state index in [-0.39, 0.29) is 5.88 Å². The predicted octanol–water partition coefficient (Wildman–Crippen LogP) is 0.0406. The second kappa shape index (κ2) is 3.25. The average Bonchev–Trinajstić information content (AvgIpc) is 2.09. The Morgan fingerprint density at radius 2 is 2.08 bits per heavy atom. The van der Waals surface area contributed by atoms with Crippen molar-refractivity contribution in [2.75, 3.05) is 14.2 Å². The van der Waals surface area contributed by atoms with Crippen molar-refractivity contribution in [2.24, 2.45) is 0 Å². The van der Waals surface area contributed by atoms with Gasteiger partial charge in [0.15, 0.2) is 5.75 Å². The van der Waals surface area contributed by atoms with Gasteiger partial charge in [-0.15, -0.1) is 0 Å². The molecule has 1 rings (SSSR count). The van der Waals surface area contributed by atoms with E-state index >= 15 is 0 Å². The van der Waals surface area contributed by atoms with Crippen LogP contribution in [-0.4, -0.2) is 19.3 Å². The second-order valence-corrected chi connectivity index (χ2v) is 2.24. The van der Waals surface area contributed by atoms with Gasteiger partial charge in [0.05, 0.1) is 25.4 Å². The molecule has 0 saturated carbocycles. The highest BCUT2D eigenvalue weighted by molar-refractivity contribution is 5.31. The van der Waals surface area contributed by atoms with Gasteiger partial charge in [0.25, 0.3) is 0 Å². The Balaban J connectivity index is 3.19. The first-order chi connectivity index (χ1) is 5.69. The molecule has 1 heterocycles. The summed E-state index contributed by atoms with van der Waals surface area (Å²) in [7, 11) is 2.92. The van der Waals surface area contributed by atoms with Crippen molar-refractivity contribution in [1.82, 2.24) is 5.10 Å². The van der Waals surface area contributed by atoms with Crippen molar-refractivity contribution in [3.8, 4) is 11.6 Å². The third-order valence-electron chi connectivity index (χ3n) is 1.45. The summed E-state index contributed by atoms with van der Waals surface area (Å²) in [5.41, 5.74) is 0.465. The second-order valence-electron chi connectivity index (χ2n) is 2.24. The van der Waals surface area contributed by atoms with Gasteiger partial charge in [0.1, 0.15) is 0 Å². The Kier molecular flexibility index (Phi) is 2.32. The van der Waals surface area contributed by atoms with Crippen LogP contribution in [0.25, 0.3) is 0 Å². The van der Waals surface area contributed by atoms with E-state index in [9.17, 15) is 5.21 Å². The van der Waals surface area contributed by atoms with Crippen molar-refractivity contribution in [1.29, 1.82) is 0 Å². The Bertz CT molecular complexity index is 259. The van der Waals surface area contributed by atoms with Gasteiger partial charge in [0, 0.05) is 6.92 Å². The molecule has 0 aromatic carbocycles. The first kappa shape index (κ1) is 8.58. The molecular formula is C7H10N2O3. The highest BCUT2D eigenvalue weighted by Gasteiger charge is 2.12. The quantitative estimate of drug-likeness (QED) is 0.464. The molecule has 12 heavy (non-hydrogen) atoms. The first-order valence-corrected chi connectivity index (χ1v) is 3.38. The summed E-state index contributed by atoms with van der Waals surface area (Å²) >= 11 is 0. The minimum Gasteiger partial charge on any atom is -0.594 e. The molecule has 5 heteroatoms. The fraction of sp³-hybridized carbons (Fsp3) is 0.429. The van der Waals surface area contributed by atoms with Crippen LogP contribution >= 0.6 is 0 Å². The molecule has 1 aromatic heterocycles.